The fourth-order valence-electron chi connectivity index (χ4n) is 2.33. The van der Waals surface area contributed by atoms with Crippen molar-refractivity contribution in [3.8, 4) is 0 Å². The zero-order valence-corrected chi connectivity index (χ0v) is 10.7. The van der Waals surface area contributed by atoms with Crippen molar-refractivity contribution < 1.29 is 9.90 Å². The van der Waals surface area contributed by atoms with Crippen molar-refractivity contribution in [2.75, 3.05) is 0 Å². The summed E-state index contributed by atoms with van der Waals surface area (Å²) < 4.78 is 0. The van der Waals surface area contributed by atoms with E-state index in [1.165, 1.54) is 0 Å². The Morgan fingerprint density at radius 2 is 2.12 bits per heavy atom. The Morgan fingerprint density at radius 1 is 1.41 bits per heavy atom. The van der Waals surface area contributed by atoms with Crippen molar-refractivity contribution in [1.82, 2.24) is 4.98 Å². The summed E-state index contributed by atoms with van der Waals surface area (Å²) >= 11 is 1.68. The van der Waals surface area contributed by atoms with Gasteiger partial charge in [-0.05, 0) is 37.3 Å². The number of aromatic nitrogens is 1. The zero-order valence-electron chi connectivity index (χ0n) is 9.87. The molecule has 2 rings (SSSR count). The van der Waals surface area contributed by atoms with E-state index in [1.54, 1.807) is 24.2 Å². The van der Waals surface area contributed by atoms with Crippen LogP contribution in [0.5, 0.6) is 0 Å². The van der Waals surface area contributed by atoms with E-state index < -0.39 is 5.97 Å². The van der Waals surface area contributed by atoms with Gasteiger partial charge in [-0.15, -0.1) is 11.8 Å². The highest BCUT2D eigenvalue weighted by Gasteiger charge is 2.34. The molecule has 0 amide bonds. The van der Waals surface area contributed by atoms with Crippen LogP contribution in [0.25, 0.3) is 0 Å². The zero-order chi connectivity index (χ0) is 12.3. The average Bonchev–Trinajstić information content (AvgIpc) is 2.30. The number of hydrogen-bond donors (Lipinski definition) is 1. The van der Waals surface area contributed by atoms with Gasteiger partial charge in [0.25, 0.3) is 0 Å². The summed E-state index contributed by atoms with van der Waals surface area (Å²) in [5, 5.41) is 9.44. The maximum Gasteiger partial charge on any atom is 0.307 e. The number of thioether (sulfide) groups is 1. The van der Waals surface area contributed by atoms with Crippen LogP contribution in [0.3, 0.4) is 0 Å². The second kappa shape index (κ2) is 5.54. The van der Waals surface area contributed by atoms with E-state index in [0.29, 0.717) is 5.92 Å². The third kappa shape index (κ3) is 3.22. The van der Waals surface area contributed by atoms with Crippen molar-refractivity contribution >= 4 is 17.7 Å². The van der Waals surface area contributed by atoms with Crippen LogP contribution in [0.2, 0.25) is 0 Å². The fraction of sp³-hybridized carbons (Fsp3) is 0.538. The van der Waals surface area contributed by atoms with E-state index in [4.69, 9.17) is 0 Å². The number of carboxylic acids is 1. The van der Waals surface area contributed by atoms with Gasteiger partial charge in [0.05, 0.1) is 5.92 Å². The van der Waals surface area contributed by atoms with Gasteiger partial charge in [0.15, 0.2) is 0 Å². The van der Waals surface area contributed by atoms with Gasteiger partial charge >= 0.3 is 5.97 Å². The van der Waals surface area contributed by atoms with Gasteiger partial charge in [-0.1, -0.05) is 6.92 Å². The molecule has 1 aromatic rings. The SMILES string of the molecule is CC1CCC(C(=O)O)C(Sc2ccncc2)C1. The molecule has 92 valence electrons. The standard InChI is InChI=1S/C13H17NO2S/c1-9-2-3-11(13(15)16)12(8-9)17-10-4-6-14-7-5-10/h4-7,9,11-12H,2-3,8H2,1H3,(H,15,16). The third-order valence-electron chi connectivity index (χ3n) is 3.31. The molecule has 1 N–H and O–H groups in total. The van der Waals surface area contributed by atoms with E-state index >= 15 is 0 Å². The minimum absolute atomic E-state index is 0.193. The van der Waals surface area contributed by atoms with Gasteiger partial charge in [-0.3, -0.25) is 9.78 Å². The van der Waals surface area contributed by atoms with E-state index in [-0.39, 0.29) is 11.2 Å². The number of hydrogen-bond acceptors (Lipinski definition) is 3. The van der Waals surface area contributed by atoms with Gasteiger partial charge in [-0.2, -0.15) is 0 Å². The molecule has 1 heterocycles. The molecule has 1 aliphatic carbocycles. The Kier molecular flexibility index (Phi) is 4.05. The molecule has 1 aromatic heterocycles. The highest BCUT2D eigenvalue weighted by atomic mass is 32.2. The molecule has 3 atom stereocenters. The molecule has 17 heavy (non-hydrogen) atoms. The normalized spacial score (nSPS) is 28.9. The molecule has 3 nitrogen and oxygen atoms in total. The molecule has 0 aromatic carbocycles. The van der Waals surface area contributed by atoms with Crippen LogP contribution in [-0.4, -0.2) is 21.3 Å². The van der Waals surface area contributed by atoms with Crippen molar-refractivity contribution in [2.45, 2.75) is 36.3 Å². The second-order valence-electron chi connectivity index (χ2n) is 4.70. The minimum Gasteiger partial charge on any atom is -0.481 e. The topological polar surface area (TPSA) is 50.2 Å². The van der Waals surface area contributed by atoms with Gasteiger partial charge in [0, 0.05) is 22.5 Å². The van der Waals surface area contributed by atoms with E-state index in [1.807, 2.05) is 12.1 Å². The number of pyridine rings is 1. The summed E-state index contributed by atoms with van der Waals surface area (Å²) in [5.74, 6) is -0.224. The first kappa shape index (κ1) is 12.4. The Hall–Kier alpha value is -1.03. The summed E-state index contributed by atoms with van der Waals surface area (Å²) in [7, 11) is 0. The van der Waals surface area contributed by atoms with Gasteiger partial charge in [0.2, 0.25) is 0 Å². The van der Waals surface area contributed by atoms with Crippen LogP contribution in [0.1, 0.15) is 26.2 Å². The van der Waals surface area contributed by atoms with Crippen molar-refractivity contribution in [2.24, 2.45) is 11.8 Å². The lowest BCUT2D eigenvalue weighted by Gasteiger charge is -2.31. The molecule has 0 saturated heterocycles. The van der Waals surface area contributed by atoms with Crippen LogP contribution < -0.4 is 0 Å². The van der Waals surface area contributed by atoms with Crippen molar-refractivity contribution in [3.05, 3.63) is 24.5 Å². The van der Waals surface area contributed by atoms with Crippen LogP contribution in [0, 0.1) is 11.8 Å². The summed E-state index contributed by atoms with van der Waals surface area (Å²) in [6.45, 7) is 2.21. The molecule has 0 aliphatic heterocycles. The lowest BCUT2D eigenvalue weighted by Crippen LogP contribution is -2.31. The highest BCUT2D eigenvalue weighted by molar-refractivity contribution is 8.00. The Morgan fingerprint density at radius 3 is 2.76 bits per heavy atom. The van der Waals surface area contributed by atoms with E-state index in [2.05, 4.69) is 11.9 Å². The molecular formula is C13H17NO2S. The molecule has 1 saturated carbocycles. The quantitative estimate of drug-likeness (QED) is 0.897. The van der Waals surface area contributed by atoms with Crippen LogP contribution in [0.15, 0.2) is 29.4 Å². The molecule has 0 spiro atoms. The number of carboxylic acid groups (broad SMARTS) is 1. The van der Waals surface area contributed by atoms with Gasteiger partial charge in [-0.25, -0.2) is 0 Å². The molecule has 3 unspecified atom stereocenters. The molecule has 0 bridgehead atoms. The maximum atomic E-state index is 11.2. The summed E-state index contributed by atoms with van der Waals surface area (Å²) in [5.41, 5.74) is 0. The van der Waals surface area contributed by atoms with Crippen LogP contribution in [-0.2, 0) is 4.79 Å². The first-order valence-electron chi connectivity index (χ1n) is 5.96. The predicted octanol–water partition coefficient (Wildman–Crippen LogP) is 3.06. The van der Waals surface area contributed by atoms with E-state index in [9.17, 15) is 9.90 Å². The van der Waals surface area contributed by atoms with E-state index in [0.717, 1.165) is 24.2 Å². The lowest BCUT2D eigenvalue weighted by atomic mass is 9.82. The van der Waals surface area contributed by atoms with Crippen LogP contribution >= 0.6 is 11.8 Å². The fourth-order valence-corrected chi connectivity index (χ4v) is 3.80. The first-order chi connectivity index (χ1) is 8.16. The predicted molar refractivity (Wildman–Crippen MR) is 68.0 cm³/mol. The van der Waals surface area contributed by atoms with Crippen molar-refractivity contribution in [1.29, 1.82) is 0 Å². The number of carbonyl (C=O) groups is 1. The summed E-state index contributed by atoms with van der Waals surface area (Å²) in [4.78, 5) is 16.3. The van der Waals surface area contributed by atoms with Crippen LogP contribution in [0.4, 0.5) is 0 Å². The molecular weight excluding hydrogens is 234 g/mol. The Balaban J connectivity index is 2.08. The number of aliphatic carboxylic acids is 1. The highest BCUT2D eigenvalue weighted by Crippen LogP contribution is 2.39. The number of rotatable bonds is 3. The molecule has 1 fully saturated rings. The number of nitrogens with zero attached hydrogens (tertiary/aromatic N) is 1. The van der Waals surface area contributed by atoms with Gasteiger partial charge in [0.1, 0.15) is 0 Å². The van der Waals surface area contributed by atoms with Crippen molar-refractivity contribution in [3.63, 3.8) is 0 Å². The summed E-state index contributed by atoms with van der Waals surface area (Å²) in [6, 6.07) is 3.89. The largest absolute Gasteiger partial charge is 0.481 e. The Labute approximate surface area is 106 Å². The lowest BCUT2D eigenvalue weighted by molar-refractivity contribution is -0.142. The molecule has 0 radical (unpaired) electrons. The minimum atomic E-state index is -0.650. The summed E-state index contributed by atoms with van der Waals surface area (Å²) in [6.07, 6.45) is 6.34. The first-order valence-corrected chi connectivity index (χ1v) is 6.84. The molecule has 1 aliphatic rings. The smallest absolute Gasteiger partial charge is 0.307 e. The third-order valence-corrected chi connectivity index (χ3v) is 4.68. The monoisotopic (exact) mass is 251 g/mol. The maximum absolute atomic E-state index is 11.2. The van der Waals surface area contributed by atoms with Gasteiger partial charge < -0.3 is 5.11 Å². The second-order valence-corrected chi connectivity index (χ2v) is 6.01. The Bertz CT molecular complexity index is 382. The molecule has 4 heteroatoms. The average molecular weight is 251 g/mol.